The minimum absolute atomic E-state index is 0. The SMILES string of the molecule is CCN(CC)CCN(C(=O)CCS(=O)(=O)c1ccc(C)cc1)c1nc2c(OC)ccc(C)c2s1.Cl. The number of rotatable bonds is 11. The summed E-state index contributed by atoms with van der Waals surface area (Å²) in [4.78, 5) is 22.2. The Labute approximate surface area is 218 Å². The number of nitrogens with zero attached hydrogens (tertiary/aromatic N) is 3. The number of aryl methyl sites for hydroxylation is 2. The summed E-state index contributed by atoms with van der Waals surface area (Å²) >= 11 is 1.43. The molecule has 7 nitrogen and oxygen atoms in total. The maximum atomic E-state index is 13.4. The quantitative estimate of drug-likeness (QED) is 0.345. The molecule has 192 valence electrons. The van der Waals surface area contributed by atoms with Gasteiger partial charge in [0, 0.05) is 19.5 Å². The molecule has 0 aliphatic carbocycles. The van der Waals surface area contributed by atoms with Gasteiger partial charge in [0.2, 0.25) is 5.91 Å². The summed E-state index contributed by atoms with van der Waals surface area (Å²) in [6.07, 6.45) is -0.111. The Morgan fingerprint density at radius 3 is 2.29 bits per heavy atom. The van der Waals surface area contributed by atoms with E-state index in [1.807, 2.05) is 26.0 Å². The Bertz CT molecular complexity index is 1240. The third-order valence-corrected chi connectivity index (χ3v) is 8.89. The summed E-state index contributed by atoms with van der Waals surface area (Å²) in [7, 11) is -1.97. The van der Waals surface area contributed by atoms with Gasteiger partial charge >= 0.3 is 0 Å². The van der Waals surface area contributed by atoms with Crippen LogP contribution in [-0.2, 0) is 14.6 Å². The molecule has 0 atom stereocenters. The van der Waals surface area contributed by atoms with Crippen molar-refractivity contribution >= 4 is 54.8 Å². The van der Waals surface area contributed by atoms with E-state index in [-0.39, 0.29) is 35.4 Å². The number of sulfone groups is 1. The number of ether oxygens (including phenoxy) is 1. The van der Waals surface area contributed by atoms with Gasteiger partial charge < -0.3 is 9.64 Å². The van der Waals surface area contributed by atoms with Gasteiger partial charge in [-0.2, -0.15) is 0 Å². The zero-order valence-corrected chi connectivity index (χ0v) is 23.4. The highest BCUT2D eigenvalue weighted by Crippen LogP contribution is 2.36. The molecule has 1 aromatic heterocycles. The normalized spacial score (nSPS) is 11.5. The summed E-state index contributed by atoms with van der Waals surface area (Å²) in [6, 6.07) is 10.6. The van der Waals surface area contributed by atoms with E-state index >= 15 is 0 Å². The van der Waals surface area contributed by atoms with Crippen LogP contribution in [0.3, 0.4) is 0 Å². The van der Waals surface area contributed by atoms with Gasteiger partial charge in [-0.15, -0.1) is 12.4 Å². The monoisotopic (exact) mass is 539 g/mol. The number of carbonyl (C=O) groups is 1. The van der Waals surface area contributed by atoms with Gasteiger partial charge in [0.25, 0.3) is 0 Å². The van der Waals surface area contributed by atoms with Crippen molar-refractivity contribution < 1.29 is 17.9 Å². The second-order valence-corrected chi connectivity index (χ2v) is 11.3. The lowest BCUT2D eigenvalue weighted by Gasteiger charge is -2.24. The third-order valence-electron chi connectivity index (χ3n) is 5.94. The highest BCUT2D eigenvalue weighted by atomic mass is 35.5. The Balaban J connectivity index is 0.00000432. The number of likely N-dealkylation sites (N-methyl/N-ethyl adjacent to an activating group) is 1. The summed E-state index contributed by atoms with van der Waals surface area (Å²) in [5.74, 6) is 0.156. The fourth-order valence-electron chi connectivity index (χ4n) is 3.71. The van der Waals surface area contributed by atoms with Crippen molar-refractivity contribution in [3.63, 3.8) is 0 Å². The van der Waals surface area contributed by atoms with Gasteiger partial charge in [-0.25, -0.2) is 13.4 Å². The van der Waals surface area contributed by atoms with Crippen LogP contribution < -0.4 is 9.64 Å². The van der Waals surface area contributed by atoms with Crippen LogP contribution >= 0.6 is 23.7 Å². The zero-order valence-electron chi connectivity index (χ0n) is 20.9. The molecular weight excluding hydrogens is 506 g/mol. The van der Waals surface area contributed by atoms with Crippen molar-refractivity contribution in [1.29, 1.82) is 0 Å². The molecule has 1 amide bonds. The fraction of sp³-hybridized carbons (Fsp3) is 0.440. The van der Waals surface area contributed by atoms with Crippen molar-refractivity contribution in [2.75, 3.05) is 43.9 Å². The minimum atomic E-state index is -3.57. The molecule has 0 bridgehead atoms. The first kappa shape index (κ1) is 29.0. The number of aromatic nitrogens is 1. The number of carbonyl (C=O) groups excluding carboxylic acids is 1. The van der Waals surface area contributed by atoms with E-state index in [0.29, 0.717) is 24.0 Å². The number of halogens is 1. The lowest BCUT2D eigenvalue weighted by molar-refractivity contribution is -0.118. The standard InChI is InChI=1S/C25H33N3O4S2.ClH/c1-6-27(7-2)15-16-28(25-26-23-21(32-5)13-10-19(4)24(23)33-25)22(29)14-17-34(30,31)20-11-8-18(3)9-12-20;/h8-13H,6-7,14-17H2,1-5H3;1H. The van der Waals surface area contributed by atoms with Crippen molar-refractivity contribution in [3.8, 4) is 5.75 Å². The summed E-state index contributed by atoms with van der Waals surface area (Å²) < 4.78 is 32.1. The highest BCUT2D eigenvalue weighted by Gasteiger charge is 2.24. The number of hydrogen-bond donors (Lipinski definition) is 0. The Morgan fingerprint density at radius 1 is 1.03 bits per heavy atom. The fourth-order valence-corrected chi connectivity index (χ4v) is 6.03. The summed E-state index contributed by atoms with van der Waals surface area (Å²) in [5, 5.41) is 0.562. The molecule has 0 aliphatic heterocycles. The van der Waals surface area contributed by atoms with Crippen LogP contribution in [0, 0.1) is 13.8 Å². The topological polar surface area (TPSA) is 79.8 Å². The molecule has 0 spiro atoms. The number of benzene rings is 2. The van der Waals surface area contributed by atoms with Crippen LogP contribution in [0.15, 0.2) is 41.3 Å². The van der Waals surface area contributed by atoms with Gasteiger partial charge in [0.05, 0.1) is 22.5 Å². The second-order valence-electron chi connectivity index (χ2n) is 8.21. The van der Waals surface area contributed by atoms with E-state index < -0.39 is 9.84 Å². The molecule has 0 fully saturated rings. The number of thiazole rings is 1. The Hall–Kier alpha value is -2.20. The molecular formula is C25H34ClN3O4S2. The van der Waals surface area contributed by atoms with Crippen LogP contribution in [0.1, 0.15) is 31.4 Å². The van der Waals surface area contributed by atoms with Gasteiger partial charge in [0.15, 0.2) is 15.0 Å². The molecule has 3 aromatic rings. The van der Waals surface area contributed by atoms with Gasteiger partial charge in [-0.05, 0) is 50.7 Å². The number of amides is 1. The van der Waals surface area contributed by atoms with Crippen LogP contribution in [-0.4, -0.2) is 63.3 Å². The van der Waals surface area contributed by atoms with Crippen molar-refractivity contribution in [2.24, 2.45) is 0 Å². The summed E-state index contributed by atoms with van der Waals surface area (Å²) in [6.45, 7) is 10.9. The predicted octanol–water partition coefficient (Wildman–Crippen LogP) is 4.88. The number of hydrogen-bond acceptors (Lipinski definition) is 7. The second kappa shape index (κ2) is 12.7. The number of methoxy groups -OCH3 is 1. The molecule has 3 rings (SSSR count). The van der Waals surface area contributed by atoms with E-state index in [9.17, 15) is 13.2 Å². The van der Waals surface area contributed by atoms with Gasteiger partial charge in [-0.3, -0.25) is 9.69 Å². The van der Waals surface area contributed by atoms with Crippen LogP contribution in [0.2, 0.25) is 0 Å². The largest absolute Gasteiger partial charge is 0.494 e. The van der Waals surface area contributed by atoms with Gasteiger partial charge in [-0.1, -0.05) is 48.9 Å². The Kier molecular flexibility index (Phi) is 10.5. The molecule has 0 N–H and O–H groups in total. The first-order chi connectivity index (χ1) is 16.2. The lowest BCUT2D eigenvalue weighted by Crippen LogP contribution is -2.39. The molecule has 0 aliphatic rings. The molecule has 2 aromatic carbocycles. The highest BCUT2D eigenvalue weighted by molar-refractivity contribution is 7.91. The molecule has 0 saturated heterocycles. The van der Waals surface area contributed by atoms with E-state index in [1.165, 1.54) is 11.3 Å². The van der Waals surface area contributed by atoms with E-state index in [4.69, 9.17) is 9.72 Å². The predicted molar refractivity (Wildman–Crippen MR) is 146 cm³/mol. The lowest BCUT2D eigenvalue weighted by atomic mass is 10.2. The molecule has 0 unspecified atom stereocenters. The molecule has 1 heterocycles. The van der Waals surface area contributed by atoms with Gasteiger partial charge in [0.1, 0.15) is 11.3 Å². The Morgan fingerprint density at radius 2 is 1.69 bits per heavy atom. The van der Waals surface area contributed by atoms with Crippen molar-refractivity contribution in [3.05, 3.63) is 47.5 Å². The molecule has 0 radical (unpaired) electrons. The zero-order chi connectivity index (χ0) is 24.9. The van der Waals surface area contributed by atoms with Crippen molar-refractivity contribution in [1.82, 2.24) is 9.88 Å². The minimum Gasteiger partial charge on any atom is -0.494 e. The molecule has 0 saturated carbocycles. The van der Waals surface area contributed by atoms with E-state index in [2.05, 4.69) is 18.7 Å². The van der Waals surface area contributed by atoms with E-state index in [0.717, 1.165) is 34.4 Å². The maximum absolute atomic E-state index is 13.4. The van der Waals surface area contributed by atoms with Crippen LogP contribution in [0.25, 0.3) is 10.2 Å². The van der Waals surface area contributed by atoms with Crippen LogP contribution in [0.5, 0.6) is 5.75 Å². The van der Waals surface area contributed by atoms with Crippen LogP contribution in [0.4, 0.5) is 5.13 Å². The maximum Gasteiger partial charge on any atom is 0.229 e. The smallest absolute Gasteiger partial charge is 0.229 e. The van der Waals surface area contributed by atoms with Crippen molar-refractivity contribution in [2.45, 2.75) is 39.0 Å². The molecule has 35 heavy (non-hydrogen) atoms. The number of anilines is 1. The molecule has 10 heteroatoms. The number of fused-ring (bicyclic) bond motifs is 1. The average molecular weight is 540 g/mol. The van der Waals surface area contributed by atoms with E-state index in [1.54, 1.807) is 36.3 Å². The average Bonchev–Trinajstić information content (AvgIpc) is 3.27. The summed E-state index contributed by atoms with van der Waals surface area (Å²) in [5.41, 5.74) is 2.76. The first-order valence-corrected chi connectivity index (χ1v) is 13.9. The third kappa shape index (κ3) is 6.94. The first-order valence-electron chi connectivity index (χ1n) is 11.5.